The molecular weight excluding hydrogens is 432 g/mol. The maximum absolute atomic E-state index is 12.4. The standard InChI is InChI=1S/C19H18BrClN4O2/c1-12-3-8-15(11-16(12)21)25-18(13-4-6-14(20)7-5-13)23-17(24-25)19(26)22-9-10-27-2/h3-8,11H,9-10H2,1-2H3,(H,22,26). The summed E-state index contributed by atoms with van der Waals surface area (Å²) in [5.41, 5.74) is 2.52. The van der Waals surface area contributed by atoms with Crippen LogP contribution < -0.4 is 5.32 Å². The van der Waals surface area contributed by atoms with E-state index in [2.05, 4.69) is 31.3 Å². The van der Waals surface area contributed by atoms with E-state index in [0.29, 0.717) is 24.0 Å². The third kappa shape index (κ3) is 4.55. The fourth-order valence-electron chi connectivity index (χ4n) is 2.43. The Morgan fingerprint density at radius 2 is 2.00 bits per heavy atom. The number of halogens is 2. The van der Waals surface area contributed by atoms with Crippen LogP contribution in [0, 0.1) is 6.92 Å². The van der Waals surface area contributed by atoms with Crippen molar-refractivity contribution < 1.29 is 9.53 Å². The number of carbonyl (C=O) groups is 1. The Labute approximate surface area is 170 Å². The summed E-state index contributed by atoms with van der Waals surface area (Å²) in [6.45, 7) is 2.73. The molecule has 0 unspecified atom stereocenters. The van der Waals surface area contributed by atoms with E-state index in [-0.39, 0.29) is 11.7 Å². The molecule has 3 rings (SSSR count). The number of aromatic nitrogens is 3. The number of methoxy groups -OCH3 is 1. The smallest absolute Gasteiger partial charge is 0.291 e. The fourth-order valence-corrected chi connectivity index (χ4v) is 2.87. The van der Waals surface area contributed by atoms with E-state index < -0.39 is 0 Å². The minimum atomic E-state index is -0.359. The highest BCUT2D eigenvalue weighted by atomic mass is 79.9. The minimum absolute atomic E-state index is 0.0840. The number of carbonyl (C=O) groups excluding carboxylic acids is 1. The predicted octanol–water partition coefficient (Wildman–Crippen LogP) is 4.03. The van der Waals surface area contributed by atoms with Gasteiger partial charge in [0.15, 0.2) is 5.82 Å². The highest BCUT2D eigenvalue weighted by Crippen LogP contribution is 2.25. The summed E-state index contributed by atoms with van der Waals surface area (Å²) >= 11 is 9.70. The van der Waals surface area contributed by atoms with Crippen molar-refractivity contribution in [3.05, 3.63) is 63.3 Å². The Bertz CT molecular complexity index is 957. The maximum atomic E-state index is 12.4. The van der Waals surface area contributed by atoms with E-state index in [9.17, 15) is 4.79 Å². The Morgan fingerprint density at radius 3 is 2.67 bits per heavy atom. The Kier molecular flexibility index (Phi) is 6.26. The van der Waals surface area contributed by atoms with Crippen LogP contribution in [0.25, 0.3) is 17.1 Å². The second-order valence-corrected chi connectivity index (χ2v) is 7.18. The number of aryl methyl sites for hydroxylation is 1. The van der Waals surface area contributed by atoms with Crippen molar-refractivity contribution >= 4 is 33.4 Å². The monoisotopic (exact) mass is 448 g/mol. The molecule has 0 spiro atoms. The Morgan fingerprint density at radius 1 is 1.26 bits per heavy atom. The van der Waals surface area contributed by atoms with Crippen LogP contribution in [0.2, 0.25) is 5.02 Å². The minimum Gasteiger partial charge on any atom is -0.383 e. The number of hydrogen-bond donors (Lipinski definition) is 1. The predicted molar refractivity (Wildman–Crippen MR) is 108 cm³/mol. The van der Waals surface area contributed by atoms with Gasteiger partial charge in [-0.15, -0.1) is 5.10 Å². The van der Waals surface area contributed by atoms with E-state index in [4.69, 9.17) is 16.3 Å². The van der Waals surface area contributed by atoms with Gasteiger partial charge < -0.3 is 10.1 Å². The molecule has 1 aromatic heterocycles. The van der Waals surface area contributed by atoms with E-state index in [0.717, 1.165) is 21.3 Å². The molecule has 0 radical (unpaired) electrons. The first-order chi connectivity index (χ1) is 13.0. The first kappa shape index (κ1) is 19.5. The average Bonchev–Trinajstić information content (AvgIpc) is 3.10. The van der Waals surface area contributed by atoms with Gasteiger partial charge in [-0.3, -0.25) is 4.79 Å². The molecule has 6 nitrogen and oxygen atoms in total. The zero-order chi connectivity index (χ0) is 19.4. The Hall–Kier alpha value is -2.22. The first-order valence-corrected chi connectivity index (χ1v) is 9.43. The molecule has 3 aromatic rings. The van der Waals surface area contributed by atoms with Crippen LogP contribution in [0.3, 0.4) is 0 Å². The Balaban J connectivity index is 2.04. The molecule has 0 aliphatic carbocycles. The van der Waals surface area contributed by atoms with Crippen molar-refractivity contribution in [2.75, 3.05) is 20.3 Å². The van der Waals surface area contributed by atoms with E-state index in [1.807, 2.05) is 43.3 Å². The lowest BCUT2D eigenvalue weighted by molar-refractivity contribution is 0.0927. The normalized spacial score (nSPS) is 10.8. The highest BCUT2D eigenvalue weighted by Gasteiger charge is 2.19. The number of hydrogen-bond acceptors (Lipinski definition) is 4. The summed E-state index contributed by atoms with van der Waals surface area (Å²) in [7, 11) is 1.58. The summed E-state index contributed by atoms with van der Waals surface area (Å²) < 4.78 is 7.53. The fraction of sp³-hybridized carbons (Fsp3) is 0.211. The van der Waals surface area contributed by atoms with Gasteiger partial charge in [-0.1, -0.05) is 45.7 Å². The van der Waals surface area contributed by atoms with Gasteiger partial charge in [0.2, 0.25) is 5.82 Å². The number of nitrogens with one attached hydrogen (secondary N) is 1. The lowest BCUT2D eigenvalue weighted by atomic mass is 10.2. The molecule has 0 bridgehead atoms. The molecule has 1 N–H and O–H groups in total. The van der Waals surface area contributed by atoms with Crippen molar-refractivity contribution in [1.29, 1.82) is 0 Å². The SMILES string of the molecule is COCCNC(=O)c1nc(-c2ccc(Br)cc2)n(-c2ccc(C)c(Cl)c2)n1. The van der Waals surface area contributed by atoms with Gasteiger partial charge in [0.1, 0.15) is 0 Å². The van der Waals surface area contributed by atoms with Crippen LogP contribution in [-0.4, -0.2) is 40.9 Å². The van der Waals surface area contributed by atoms with Crippen molar-refractivity contribution in [3.63, 3.8) is 0 Å². The molecule has 140 valence electrons. The number of ether oxygens (including phenoxy) is 1. The van der Waals surface area contributed by atoms with Gasteiger partial charge in [0, 0.05) is 28.7 Å². The van der Waals surface area contributed by atoms with Gasteiger partial charge >= 0.3 is 0 Å². The number of amides is 1. The van der Waals surface area contributed by atoms with Gasteiger partial charge in [-0.05, 0) is 36.8 Å². The van der Waals surface area contributed by atoms with Gasteiger partial charge in [-0.2, -0.15) is 0 Å². The van der Waals surface area contributed by atoms with Gasteiger partial charge in [0.05, 0.1) is 12.3 Å². The number of rotatable bonds is 6. The molecule has 0 fully saturated rings. The highest BCUT2D eigenvalue weighted by molar-refractivity contribution is 9.10. The number of benzene rings is 2. The van der Waals surface area contributed by atoms with Crippen LogP contribution >= 0.6 is 27.5 Å². The average molecular weight is 450 g/mol. The number of nitrogens with zero attached hydrogens (tertiary/aromatic N) is 3. The van der Waals surface area contributed by atoms with Gasteiger partial charge in [0.25, 0.3) is 5.91 Å². The molecule has 0 saturated carbocycles. The molecule has 2 aromatic carbocycles. The van der Waals surface area contributed by atoms with Crippen LogP contribution in [-0.2, 0) is 4.74 Å². The van der Waals surface area contributed by atoms with Crippen LogP contribution in [0.5, 0.6) is 0 Å². The largest absolute Gasteiger partial charge is 0.383 e. The van der Waals surface area contributed by atoms with Crippen molar-refractivity contribution in [3.8, 4) is 17.1 Å². The van der Waals surface area contributed by atoms with Crippen LogP contribution in [0.4, 0.5) is 0 Å². The van der Waals surface area contributed by atoms with E-state index in [1.165, 1.54) is 0 Å². The quantitative estimate of drug-likeness (QED) is 0.577. The molecule has 27 heavy (non-hydrogen) atoms. The first-order valence-electron chi connectivity index (χ1n) is 8.26. The van der Waals surface area contributed by atoms with Gasteiger partial charge in [-0.25, -0.2) is 9.67 Å². The third-order valence-corrected chi connectivity index (χ3v) is 4.84. The van der Waals surface area contributed by atoms with E-state index >= 15 is 0 Å². The van der Waals surface area contributed by atoms with Crippen LogP contribution in [0.1, 0.15) is 16.2 Å². The third-order valence-electron chi connectivity index (χ3n) is 3.90. The van der Waals surface area contributed by atoms with Crippen molar-refractivity contribution in [1.82, 2.24) is 20.1 Å². The molecule has 8 heteroatoms. The summed E-state index contributed by atoms with van der Waals surface area (Å²) in [5.74, 6) is 0.280. The molecule has 0 saturated heterocycles. The topological polar surface area (TPSA) is 69.0 Å². The van der Waals surface area contributed by atoms with Crippen molar-refractivity contribution in [2.45, 2.75) is 6.92 Å². The molecule has 1 amide bonds. The lowest BCUT2D eigenvalue weighted by Gasteiger charge is -2.07. The van der Waals surface area contributed by atoms with Crippen molar-refractivity contribution in [2.24, 2.45) is 0 Å². The van der Waals surface area contributed by atoms with E-state index in [1.54, 1.807) is 17.9 Å². The molecule has 0 aliphatic rings. The summed E-state index contributed by atoms with van der Waals surface area (Å²) in [4.78, 5) is 16.8. The summed E-state index contributed by atoms with van der Waals surface area (Å²) in [6, 6.07) is 13.2. The summed E-state index contributed by atoms with van der Waals surface area (Å²) in [6.07, 6.45) is 0. The molecule has 0 atom stereocenters. The lowest BCUT2D eigenvalue weighted by Crippen LogP contribution is -2.28. The summed E-state index contributed by atoms with van der Waals surface area (Å²) in [5, 5.41) is 7.77. The molecule has 1 heterocycles. The maximum Gasteiger partial charge on any atom is 0.291 e. The zero-order valence-electron chi connectivity index (χ0n) is 14.9. The van der Waals surface area contributed by atoms with Crippen LogP contribution in [0.15, 0.2) is 46.9 Å². The second kappa shape index (κ2) is 8.65. The zero-order valence-corrected chi connectivity index (χ0v) is 17.2. The second-order valence-electron chi connectivity index (χ2n) is 5.86. The molecular formula is C19H18BrClN4O2. The molecule has 0 aliphatic heterocycles.